The van der Waals surface area contributed by atoms with Crippen LogP contribution in [0.4, 0.5) is 0 Å². The number of carbonyl (C=O) groups excluding carboxylic acids is 1. The molecule has 0 spiro atoms. The molecule has 0 aliphatic rings. The van der Waals surface area contributed by atoms with Gasteiger partial charge in [-0.25, -0.2) is 0 Å². The van der Waals surface area contributed by atoms with Crippen molar-refractivity contribution in [2.24, 2.45) is 0 Å². The lowest BCUT2D eigenvalue weighted by atomic mass is 10.1. The van der Waals surface area contributed by atoms with Gasteiger partial charge < -0.3 is 0 Å². The maximum absolute atomic E-state index is 11.5. The summed E-state index contributed by atoms with van der Waals surface area (Å²) in [5.74, 6) is 0.0300. The highest BCUT2D eigenvalue weighted by atomic mass is 35.5. The third-order valence-corrected chi connectivity index (χ3v) is 2.44. The Labute approximate surface area is 95.8 Å². The van der Waals surface area contributed by atoms with Gasteiger partial charge in [0.25, 0.3) is 0 Å². The topological polar surface area (TPSA) is 17.1 Å². The molecule has 0 aliphatic carbocycles. The predicted octanol–water partition coefficient (Wildman–Crippen LogP) is 4.03. The zero-order chi connectivity index (χ0) is 11.1. The summed E-state index contributed by atoms with van der Waals surface area (Å²) >= 11 is 5.91. The van der Waals surface area contributed by atoms with Gasteiger partial charge >= 0.3 is 0 Å². The quantitative estimate of drug-likeness (QED) is 0.688. The van der Waals surface area contributed by atoms with Gasteiger partial charge in [0.2, 0.25) is 0 Å². The van der Waals surface area contributed by atoms with E-state index in [1.54, 1.807) is 6.08 Å². The number of rotatable bonds is 5. The van der Waals surface area contributed by atoms with Crippen LogP contribution in [0.3, 0.4) is 0 Å². The van der Waals surface area contributed by atoms with E-state index in [9.17, 15) is 4.79 Å². The van der Waals surface area contributed by atoms with Gasteiger partial charge in [0.1, 0.15) is 0 Å². The number of carbonyl (C=O) groups is 1. The van der Waals surface area contributed by atoms with Crippen LogP contribution in [0.15, 0.2) is 35.4 Å². The van der Waals surface area contributed by atoms with Gasteiger partial charge in [0.15, 0.2) is 5.78 Å². The molecule has 15 heavy (non-hydrogen) atoms. The maximum atomic E-state index is 11.5. The van der Waals surface area contributed by atoms with E-state index in [2.05, 4.69) is 6.92 Å². The summed E-state index contributed by atoms with van der Waals surface area (Å²) in [6, 6.07) is 9.63. The van der Waals surface area contributed by atoms with Crippen LogP contribution in [0.1, 0.15) is 31.7 Å². The van der Waals surface area contributed by atoms with Crippen LogP contribution in [0.25, 0.3) is 6.08 Å². The van der Waals surface area contributed by atoms with E-state index in [0.717, 1.165) is 18.4 Å². The van der Waals surface area contributed by atoms with Gasteiger partial charge in [-0.1, -0.05) is 55.3 Å². The van der Waals surface area contributed by atoms with E-state index in [0.29, 0.717) is 11.5 Å². The van der Waals surface area contributed by atoms with Crippen molar-refractivity contribution in [2.45, 2.75) is 26.2 Å². The largest absolute Gasteiger partial charge is 0.293 e. The highest BCUT2D eigenvalue weighted by Crippen LogP contribution is 2.13. The molecule has 0 N–H and O–H groups in total. The highest BCUT2D eigenvalue weighted by Gasteiger charge is 2.05. The number of benzene rings is 1. The molecule has 0 saturated heterocycles. The monoisotopic (exact) mass is 222 g/mol. The molecule has 2 heteroatoms. The van der Waals surface area contributed by atoms with Gasteiger partial charge in [0.05, 0.1) is 5.03 Å². The number of hydrogen-bond acceptors (Lipinski definition) is 1. The number of hydrogen-bond donors (Lipinski definition) is 0. The third kappa shape index (κ3) is 4.30. The first kappa shape index (κ1) is 12.0. The van der Waals surface area contributed by atoms with Crippen LogP contribution in [-0.4, -0.2) is 5.78 Å². The van der Waals surface area contributed by atoms with Crippen molar-refractivity contribution in [3.63, 3.8) is 0 Å². The fraction of sp³-hybridized carbons (Fsp3) is 0.308. The Morgan fingerprint density at radius 1 is 1.33 bits per heavy atom. The zero-order valence-corrected chi connectivity index (χ0v) is 9.63. The van der Waals surface area contributed by atoms with Crippen molar-refractivity contribution in [1.29, 1.82) is 0 Å². The lowest BCUT2D eigenvalue weighted by molar-refractivity contribution is -0.115. The fourth-order valence-corrected chi connectivity index (χ4v) is 1.45. The minimum absolute atomic E-state index is 0.0300. The summed E-state index contributed by atoms with van der Waals surface area (Å²) in [7, 11) is 0. The number of Topliss-reactive ketones (excluding diaryl/α,β-unsaturated/α-hetero) is 1. The summed E-state index contributed by atoms with van der Waals surface area (Å²) in [4.78, 5) is 11.5. The Morgan fingerprint density at radius 2 is 2.00 bits per heavy atom. The molecule has 0 saturated carbocycles. The Hall–Kier alpha value is -1.08. The second-order valence-electron chi connectivity index (χ2n) is 3.43. The Kier molecular flexibility index (Phi) is 5.13. The summed E-state index contributed by atoms with van der Waals surface area (Å²) < 4.78 is 0. The molecule has 0 fully saturated rings. The van der Waals surface area contributed by atoms with E-state index in [-0.39, 0.29) is 5.78 Å². The standard InChI is InChI=1S/C13H15ClO/c1-2-3-9-13(15)12(14)10-11-7-5-4-6-8-11/h4-8,10H,2-3,9H2,1H3/b12-10-. The molecule has 0 atom stereocenters. The molecule has 0 amide bonds. The van der Waals surface area contributed by atoms with Crippen LogP contribution >= 0.6 is 11.6 Å². The number of halogens is 1. The van der Waals surface area contributed by atoms with Crippen molar-refractivity contribution < 1.29 is 4.79 Å². The number of allylic oxidation sites excluding steroid dienone is 1. The summed E-state index contributed by atoms with van der Waals surface area (Å²) in [5.41, 5.74) is 0.965. The molecule has 1 rings (SSSR count). The summed E-state index contributed by atoms with van der Waals surface area (Å²) in [6.07, 6.45) is 4.18. The van der Waals surface area contributed by atoms with Crippen LogP contribution < -0.4 is 0 Å². The number of unbranched alkanes of at least 4 members (excludes halogenated alkanes) is 1. The summed E-state index contributed by atoms with van der Waals surface area (Å²) in [6.45, 7) is 2.06. The molecule has 0 bridgehead atoms. The molecule has 0 radical (unpaired) electrons. The van der Waals surface area contributed by atoms with Crippen molar-refractivity contribution in [1.82, 2.24) is 0 Å². The fourth-order valence-electron chi connectivity index (χ4n) is 1.23. The third-order valence-electron chi connectivity index (χ3n) is 2.12. The number of ketones is 1. The Balaban J connectivity index is 2.63. The first-order valence-electron chi connectivity index (χ1n) is 5.19. The van der Waals surface area contributed by atoms with E-state index in [1.807, 2.05) is 30.3 Å². The molecule has 80 valence electrons. The van der Waals surface area contributed by atoms with Crippen LogP contribution in [-0.2, 0) is 4.79 Å². The predicted molar refractivity (Wildman–Crippen MR) is 64.8 cm³/mol. The average molecular weight is 223 g/mol. The van der Waals surface area contributed by atoms with E-state index in [4.69, 9.17) is 11.6 Å². The second-order valence-corrected chi connectivity index (χ2v) is 3.84. The molecule has 0 aliphatic heterocycles. The van der Waals surface area contributed by atoms with Crippen molar-refractivity contribution in [3.05, 3.63) is 40.9 Å². The SMILES string of the molecule is CCCCC(=O)/C(Cl)=C/c1ccccc1. The van der Waals surface area contributed by atoms with Gasteiger partial charge in [-0.3, -0.25) is 4.79 Å². The first-order valence-corrected chi connectivity index (χ1v) is 5.57. The average Bonchev–Trinajstić information content (AvgIpc) is 2.27. The molecular formula is C13H15ClO. The Morgan fingerprint density at radius 3 is 2.60 bits per heavy atom. The normalized spacial score (nSPS) is 11.5. The van der Waals surface area contributed by atoms with E-state index < -0.39 is 0 Å². The van der Waals surface area contributed by atoms with Crippen molar-refractivity contribution in [2.75, 3.05) is 0 Å². The first-order chi connectivity index (χ1) is 7.24. The van der Waals surface area contributed by atoms with Gasteiger partial charge in [0, 0.05) is 6.42 Å². The minimum Gasteiger partial charge on any atom is -0.293 e. The lowest BCUT2D eigenvalue weighted by Gasteiger charge is -1.98. The minimum atomic E-state index is 0.0300. The van der Waals surface area contributed by atoms with Crippen molar-refractivity contribution in [3.8, 4) is 0 Å². The smallest absolute Gasteiger partial charge is 0.174 e. The molecule has 0 aromatic heterocycles. The van der Waals surface area contributed by atoms with E-state index >= 15 is 0 Å². The zero-order valence-electron chi connectivity index (χ0n) is 8.87. The Bertz CT molecular complexity index is 341. The summed E-state index contributed by atoms with van der Waals surface area (Å²) in [5, 5.41) is 0.328. The molecule has 1 nitrogen and oxygen atoms in total. The molecular weight excluding hydrogens is 208 g/mol. The molecule has 1 aromatic rings. The second kappa shape index (κ2) is 6.41. The van der Waals surface area contributed by atoms with Gasteiger partial charge in [-0.15, -0.1) is 0 Å². The molecule has 0 unspecified atom stereocenters. The van der Waals surface area contributed by atoms with E-state index in [1.165, 1.54) is 0 Å². The van der Waals surface area contributed by atoms with Crippen molar-refractivity contribution >= 4 is 23.5 Å². The maximum Gasteiger partial charge on any atom is 0.174 e. The van der Waals surface area contributed by atoms with Gasteiger partial charge in [-0.2, -0.15) is 0 Å². The van der Waals surface area contributed by atoms with Crippen LogP contribution in [0.5, 0.6) is 0 Å². The molecule has 1 aromatic carbocycles. The van der Waals surface area contributed by atoms with Crippen LogP contribution in [0, 0.1) is 0 Å². The van der Waals surface area contributed by atoms with Gasteiger partial charge in [-0.05, 0) is 18.1 Å². The molecule has 0 heterocycles. The highest BCUT2D eigenvalue weighted by molar-refractivity contribution is 6.44. The van der Waals surface area contributed by atoms with Crippen LogP contribution in [0.2, 0.25) is 0 Å². The lowest BCUT2D eigenvalue weighted by Crippen LogP contribution is -1.96.